The maximum atomic E-state index is 11.9. The molecule has 0 fully saturated rings. The van der Waals surface area contributed by atoms with Crippen molar-refractivity contribution < 1.29 is 19.1 Å². The molecule has 0 aliphatic rings. The molecule has 0 spiro atoms. The van der Waals surface area contributed by atoms with E-state index in [1.807, 2.05) is 42.5 Å². The van der Waals surface area contributed by atoms with Crippen LogP contribution in [0.3, 0.4) is 0 Å². The predicted octanol–water partition coefficient (Wildman–Crippen LogP) is 3.16. The zero-order valence-corrected chi connectivity index (χ0v) is 13.0. The summed E-state index contributed by atoms with van der Waals surface area (Å²) < 4.78 is 10.3. The molecule has 5 nitrogen and oxygen atoms in total. The Bertz CT molecular complexity index is 655. The number of benzene rings is 2. The van der Waals surface area contributed by atoms with Gasteiger partial charge >= 0.3 is 5.97 Å². The average molecular weight is 313 g/mol. The summed E-state index contributed by atoms with van der Waals surface area (Å²) in [5.41, 5.74) is 1.62. The van der Waals surface area contributed by atoms with Crippen molar-refractivity contribution >= 4 is 17.6 Å². The first-order valence-corrected chi connectivity index (χ1v) is 7.31. The van der Waals surface area contributed by atoms with Gasteiger partial charge < -0.3 is 14.8 Å². The molecule has 0 unspecified atom stereocenters. The second-order valence-corrected chi connectivity index (χ2v) is 4.89. The molecule has 5 heteroatoms. The molecule has 0 saturated heterocycles. The molecule has 0 heterocycles. The maximum absolute atomic E-state index is 11.9. The quantitative estimate of drug-likeness (QED) is 0.798. The summed E-state index contributed by atoms with van der Waals surface area (Å²) in [6.07, 6.45) is 0.120. The van der Waals surface area contributed by atoms with E-state index in [-0.39, 0.29) is 18.7 Å². The van der Waals surface area contributed by atoms with Crippen molar-refractivity contribution in [2.45, 2.75) is 19.4 Å². The van der Waals surface area contributed by atoms with E-state index >= 15 is 0 Å². The van der Waals surface area contributed by atoms with Crippen LogP contribution in [0.5, 0.6) is 5.75 Å². The predicted molar refractivity (Wildman–Crippen MR) is 87.1 cm³/mol. The Morgan fingerprint density at radius 1 is 0.957 bits per heavy atom. The maximum Gasteiger partial charge on any atom is 0.306 e. The SMILES string of the molecule is COC(=O)CCC(=O)Nc1ccccc1OCc1ccccc1. The minimum absolute atomic E-state index is 0.0510. The molecule has 2 aromatic rings. The van der Waals surface area contributed by atoms with Crippen LogP contribution in [0.2, 0.25) is 0 Å². The molecule has 0 aromatic heterocycles. The summed E-state index contributed by atoms with van der Waals surface area (Å²) >= 11 is 0. The fraction of sp³-hybridized carbons (Fsp3) is 0.222. The number of hydrogen-bond acceptors (Lipinski definition) is 4. The topological polar surface area (TPSA) is 64.6 Å². The van der Waals surface area contributed by atoms with Crippen LogP contribution >= 0.6 is 0 Å². The Kier molecular flexibility index (Phi) is 6.17. The van der Waals surface area contributed by atoms with E-state index < -0.39 is 5.97 Å². The Morgan fingerprint density at radius 2 is 1.65 bits per heavy atom. The third-order valence-corrected chi connectivity index (χ3v) is 3.18. The molecular weight excluding hydrogens is 294 g/mol. The van der Waals surface area contributed by atoms with Crippen LogP contribution in [0.1, 0.15) is 18.4 Å². The van der Waals surface area contributed by atoms with E-state index in [2.05, 4.69) is 10.1 Å². The van der Waals surface area contributed by atoms with Gasteiger partial charge in [0.25, 0.3) is 0 Å². The third-order valence-electron chi connectivity index (χ3n) is 3.18. The fourth-order valence-electron chi connectivity index (χ4n) is 1.96. The molecule has 2 rings (SSSR count). The highest BCUT2D eigenvalue weighted by molar-refractivity contribution is 5.93. The van der Waals surface area contributed by atoms with Gasteiger partial charge in [0.15, 0.2) is 0 Å². The number of esters is 1. The zero-order valence-electron chi connectivity index (χ0n) is 13.0. The second kappa shape index (κ2) is 8.58. The molecule has 0 aliphatic heterocycles. The van der Waals surface area contributed by atoms with E-state index in [1.54, 1.807) is 12.1 Å². The van der Waals surface area contributed by atoms with Crippen molar-refractivity contribution in [1.82, 2.24) is 0 Å². The van der Waals surface area contributed by atoms with Crippen LogP contribution < -0.4 is 10.1 Å². The number of rotatable bonds is 7. The monoisotopic (exact) mass is 313 g/mol. The first-order chi connectivity index (χ1) is 11.2. The molecule has 0 saturated carbocycles. The Hall–Kier alpha value is -2.82. The van der Waals surface area contributed by atoms with Crippen molar-refractivity contribution in [3.63, 3.8) is 0 Å². The number of nitrogens with one attached hydrogen (secondary N) is 1. The number of amides is 1. The van der Waals surface area contributed by atoms with E-state index in [0.717, 1.165) is 5.56 Å². The van der Waals surface area contributed by atoms with Crippen molar-refractivity contribution in [3.05, 3.63) is 60.2 Å². The van der Waals surface area contributed by atoms with Gasteiger partial charge in [0.1, 0.15) is 12.4 Å². The number of ether oxygens (including phenoxy) is 2. The van der Waals surface area contributed by atoms with Crippen LogP contribution in [-0.4, -0.2) is 19.0 Å². The number of anilines is 1. The number of carbonyl (C=O) groups excluding carboxylic acids is 2. The third kappa shape index (κ3) is 5.47. The Balaban J connectivity index is 1.94. The molecule has 120 valence electrons. The molecule has 1 amide bonds. The first kappa shape index (κ1) is 16.5. The van der Waals surface area contributed by atoms with Crippen LogP contribution in [0, 0.1) is 0 Å². The van der Waals surface area contributed by atoms with Gasteiger partial charge in [0.2, 0.25) is 5.91 Å². The van der Waals surface area contributed by atoms with E-state index in [4.69, 9.17) is 4.74 Å². The van der Waals surface area contributed by atoms with Gasteiger partial charge in [-0.3, -0.25) is 9.59 Å². The van der Waals surface area contributed by atoms with Crippen LogP contribution in [0.15, 0.2) is 54.6 Å². The highest BCUT2D eigenvalue weighted by Crippen LogP contribution is 2.25. The summed E-state index contributed by atoms with van der Waals surface area (Å²) in [4.78, 5) is 23.0. The van der Waals surface area contributed by atoms with E-state index in [1.165, 1.54) is 7.11 Å². The van der Waals surface area contributed by atoms with Gasteiger partial charge in [-0.1, -0.05) is 42.5 Å². The van der Waals surface area contributed by atoms with Crippen molar-refractivity contribution in [2.75, 3.05) is 12.4 Å². The Labute approximate surface area is 135 Å². The standard InChI is InChI=1S/C18H19NO4/c1-22-18(21)12-11-17(20)19-15-9-5-6-10-16(15)23-13-14-7-3-2-4-8-14/h2-10H,11-13H2,1H3,(H,19,20). The van der Waals surface area contributed by atoms with Crippen LogP contribution in [0.25, 0.3) is 0 Å². The van der Waals surface area contributed by atoms with Crippen molar-refractivity contribution in [3.8, 4) is 5.75 Å². The van der Waals surface area contributed by atoms with Gasteiger partial charge in [0, 0.05) is 6.42 Å². The lowest BCUT2D eigenvalue weighted by Crippen LogP contribution is -2.14. The number of hydrogen-bond donors (Lipinski definition) is 1. The molecule has 1 N–H and O–H groups in total. The van der Waals surface area contributed by atoms with Crippen molar-refractivity contribution in [1.29, 1.82) is 0 Å². The number of para-hydroxylation sites is 2. The smallest absolute Gasteiger partial charge is 0.306 e. The summed E-state index contributed by atoms with van der Waals surface area (Å²) in [7, 11) is 1.30. The van der Waals surface area contributed by atoms with Gasteiger partial charge in [-0.15, -0.1) is 0 Å². The van der Waals surface area contributed by atoms with Gasteiger partial charge in [-0.25, -0.2) is 0 Å². The van der Waals surface area contributed by atoms with E-state index in [0.29, 0.717) is 18.0 Å². The van der Waals surface area contributed by atoms with Gasteiger partial charge in [0.05, 0.1) is 19.2 Å². The number of carbonyl (C=O) groups is 2. The van der Waals surface area contributed by atoms with Crippen LogP contribution in [0.4, 0.5) is 5.69 Å². The fourth-order valence-corrected chi connectivity index (χ4v) is 1.96. The molecule has 0 atom stereocenters. The number of methoxy groups -OCH3 is 1. The summed E-state index contributed by atoms with van der Waals surface area (Å²) in [6.45, 7) is 0.413. The van der Waals surface area contributed by atoms with Crippen LogP contribution in [-0.2, 0) is 20.9 Å². The van der Waals surface area contributed by atoms with Crippen molar-refractivity contribution in [2.24, 2.45) is 0 Å². The molecule has 2 aromatic carbocycles. The lowest BCUT2D eigenvalue weighted by Gasteiger charge is -2.12. The second-order valence-electron chi connectivity index (χ2n) is 4.89. The molecule has 0 bridgehead atoms. The van der Waals surface area contributed by atoms with Gasteiger partial charge in [-0.2, -0.15) is 0 Å². The normalized spacial score (nSPS) is 9.96. The van der Waals surface area contributed by atoms with Gasteiger partial charge in [-0.05, 0) is 17.7 Å². The molecule has 0 radical (unpaired) electrons. The zero-order chi connectivity index (χ0) is 16.5. The first-order valence-electron chi connectivity index (χ1n) is 7.31. The summed E-state index contributed by atoms with van der Waals surface area (Å²) in [5, 5.41) is 2.75. The summed E-state index contributed by atoms with van der Waals surface area (Å²) in [6, 6.07) is 17.0. The lowest BCUT2D eigenvalue weighted by atomic mass is 10.2. The largest absolute Gasteiger partial charge is 0.487 e. The molecule has 23 heavy (non-hydrogen) atoms. The minimum Gasteiger partial charge on any atom is -0.487 e. The highest BCUT2D eigenvalue weighted by Gasteiger charge is 2.10. The molecular formula is C18H19NO4. The van der Waals surface area contributed by atoms with E-state index in [9.17, 15) is 9.59 Å². The summed E-state index contributed by atoms with van der Waals surface area (Å²) in [5.74, 6) is -0.0808. The highest BCUT2D eigenvalue weighted by atomic mass is 16.5. The Morgan fingerprint density at radius 3 is 2.39 bits per heavy atom. The lowest BCUT2D eigenvalue weighted by molar-refractivity contribution is -0.141. The average Bonchev–Trinajstić information content (AvgIpc) is 2.59. The minimum atomic E-state index is -0.409. The molecule has 0 aliphatic carbocycles.